The molecule has 2 heterocycles. The molecule has 1 N–H and O–H groups in total. The summed E-state index contributed by atoms with van der Waals surface area (Å²) in [6.07, 6.45) is 5.50. The molecule has 2 aliphatic rings. The molecule has 5 nitrogen and oxygen atoms in total. The second-order valence-corrected chi connectivity index (χ2v) is 8.53. The largest absolute Gasteiger partial charge is 0.327 e. The van der Waals surface area contributed by atoms with Gasteiger partial charge in [-0.1, -0.05) is 73.5 Å². The molecule has 0 aliphatic carbocycles. The minimum atomic E-state index is -0.231. The molecule has 30 heavy (non-hydrogen) atoms. The van der Waals surface area contributed by atoms with Gasteiger partial charge in [0.25, 0.3) is 0 Å². The van der Waals surface area contributed by atoms with Crippen LogP contribution in [0.3, 0.4) is 0 Å². The molecule has 2 fully saturated rings. The molecule has 0 aromatic heterocycles. The van der Waals surface area contributed by atoms with Crippen LogP contribution in [0.5, 0.6) is 0 Å². The van der Waals surface area contributed by atoms with Gasteiger partial charge in [-0.05, 0) is 37.3 Å². The Labute approximate surface area is 179 Å². The predicted molar refractivity (Wildman–Crippen MR) is 118 cm³/mol. The van der Waals surface area contributed by atoms with Crippen molar-refractivity contribution in [2.45, 2.75) is 63.2 Å². The van der Waals surface area contributed by atoms with Gasteiger partial charge in [-0.2, -0.15) is 0 Å². The maximum atomic E-state index is 13.2. The van der Waals surface area contributed by atoms with Crippen LogP contribution in [0.15, 0.2) is 60.7 Å². The highest BCUT2D eigenvalue weighted by Gasteiger charge is 2.52. The molecule has 0 bridgehead atoms. The van der Waals surface area contributed by atoms with Gasteiger partial charge in [-0.3, -0.25) is 15.0 Å². The molecule has 2 aliphatic heterocycles. The summed E-state index contributed by atoms with van der Waals surface area (Å²) in [5.41, 5.74) is 2.39. The Kier molecular flexibility index (Phi) is 6.18. The molecular weight excluding hydrogens is 374 g/mol. The molecule has 2 aromatic rings. The van der Waals surface area contributed by atoms with Crippen molar-refractivity contribution < 1.29 is 9.59 Å². The quantitative estimate of drug-likeness (QED) is 0.530. The number of likely N-dealkylation sites (N-methyl/N-ethyl adjacent to an activating group) is 1. The van der Waals surface area contributed by atoms with Crippen molar-refractivity contribution in [3.63, 3.8) is 0 Å². The summed E-state index contributed by atoms with van der Waals surface area (Å²) < 4.78 is 0. The van der Waals surface area contributed by atoms with E-state index >= 15 is 0 Å². The van der Waals surface area contributed by atoms with E-state index in [1.807, 2.05) is 43.3 Å². The summed E-state index contributed by atoms with van der Waals surface area (Å²) >= 11 is 0. The van der Waals surface area contributed by atoms with E-state index in [-0.39, 0.29) is 36.1 Å². The Balaban J connectivity index is 1.29. The zero-order chi connectivity index (χ0) is 21.1. The summed E-state index contributed by atoms with van der Waals surface area (Å²) in [7, 11) is 1.78. The first kappa shape index (κ1) is 20.6. The molecule has 0 saturated carbocycles. The first-order chi connectivity index (χ1) is 14.6. The smallest absolute Gasteiger partial charge is 0.322 e. The first-order valence-electron chi connectivity index (χ1n) is 11.0. The third kappa shape index (κ3) is 4.26. The number of nitrogens with one attached hydrogen (secondary N) is 1. The number of urea groups is 1. The maximum Gasteiger partial charge on any atom is 0.327 e. The van der Waals surface area contributed by atoms with Crippen LogP contribution in [0, 0.1) is 0 Å². The topological polar surface area (TPSA) is 62.6 Å². The molecule has 2 aromatic carbocycles. The number of unbranched alkanes of at least 4 members (excludes halogenated alkanes) is 2. The van der Waals surface area contributed by atoms with Gasteiger partial charge in [0, 0.05) is 13.1 Å². The second-order valence-electron chi connectivity index (χ2n) is 8.53. The number of hydrogen-bond donors (Lipinski definition) is 1. The Morgan fingerprint density at radius 3 is 2.33 bits per heavy atom. The number of amides is 3. The van der Waals surface area contributed by atoms with Crippen LogP contribution >= 0.6 is 0 Å². The van der Waals surface area contributed by atoms with Gasteiger partial charge >= 0.3 is 6.03 Å². The molecule has 0 radical (unpaired) electrons. The van der Waals surface area contributed by atoms with E-state index in [9.17, 15) is 9.59 Å². The van der Waals surface area contributed by atoms with E-state index in [1.54, 1.807) is 11.9 Å². The lowest BCUT2D eigenvalue weighted by molar-refractivity contribution is -0.129. The normalized spacial score (nSPS) is 25.6. The Bertz CT molecular complexity index is 870. The summed E-state index contributed by atoms with van der Waals surface area (Å²) in [5.74, 6) is -0.0839. The molecule has 0 spiro atoms. The number of imide groups is 1. The van der Waals surface area contributed by atoms with Crippen LogP contribution in [0.2, 0.25) is 0 Å². The van der Waals surface area contributed by atoms with Crippen LogP contribution in [-0.2, 0) is 11.2 Å². The average molecular weight is 406 g/mol. The maximum absolute atomic E-state index is 13.2. The average Bonchev–Trinajstić information content (AvgIpc) is 3.52. The molecule has 2 saturated heterocycles. The molecule has 5 heteroatoms. The highest BCUT2D eigenvalue weighted by atomic mass is 16.2. The highest BCUT2D eigenvalue weighted by molar-refractivity contribution is 6.01. The fourth-order valence-corrected chi connectivity index (χ4v) is 4.53. The van der Waals surface area contributed by atoms with Crippen LogP contribution in [0.1, 0.15) is 49.8 Å². The van der Waals surface area contributed by atoms with Crippen molar-refractivity contribution in [3.8, 4) is 0 Å². The zero-order valence-corrected chi connectivity index (χ0v) is 17.8. The number of carbonyl (C=O) groups excluding carboxylic acids is 2. The fourth-order valence-electron chi connectivity index (χ4n) is 4.53. The lowest BCUT2D eigenvalue weighted by Crippen LogP contribution is -2.40. The summed E-state index contributed by atoms with van der Waals surface area (Å²) in [4.78, 5) is 29.2. The van der Waals surface area contributed by atoms with Crippen molar-refractivity contribution in [2.24, 2.45) is 0 Å². The van der Waals surface area contributed by atoms with E-state index in [2.05, 4.69) is 29.6 Å². The monoisotopic (exact) mass is 405 g/mol. The second kappa shape index (κ2) is 9.00. The Hall–Kier alpha value is -2.66. The Morgan fingerprint density at radius 1 is 0.967 bits per heavy atom. The fraction of sp³-hybridized carbons (Fsp3) is 0.440. The van der Waals surface area contributed by atoms with Crippen LogP contribution in [0.4, 0.5) is 4.79 Å². The predicted octanol–water partition coefficient (Wildman–Crippen LogP) is 4.15. The third-order valence-corrected chi connectivity index (χ3v) is 6.51. The number of aryl methyl sites for hydroxylation is 1. The van der Waals surface area contributed by atoms with Crippen molar-refractivity contribution >= 4 is 11.9 Å². The molecule has 4 unspecified atom stereocenters. The number of benzene rings is 2. The van der Waals surface area contributed by atoms with Gasteiger partial charge in [-0.25, -0.2) is 4.79 Å². The molecule has 4 atom stereocenters. The number of carbonyl (C=O) groups is 2. The zero-order valence-electron chi connectivity index (χ0n) is 17.8. The molecular formula is C25H31N3O2. The van der Waals surface area contributed by atoms with E-state index < -0.39 is 0 Å². The van der Waals surface area contributed by atoms with Gasteiger partial charge in [0.2, 0.25) is 5.91 Å². The van der Waals surface area contributed by atoms with Crippen molar-refractivity contribution in [2.75, 3.05) is 7.05 Å². The Morgan fingerprint density at radius 2 is 1.63 bits per heavy atom. The lowest BCUT2D eigenvalue weighted by atomic mass is 10.00. The third-order valence-electron chi connectivity index (χ3n) is 6.51. The molecule has 3 amide bonds. The first-order valence-corrected chi connectivity index (χ1v) is 11.0. The van der Waals surface area contributed by atoms with Gasteiger partial charge in [-0.15, -0.1) is 0 Å². The van der Waals surface area contributed by atoms with Crippen LogP contribution < -0.4 is 5.32 Å². The SMILES string of the molecule is CC1C(c2ccccc2)N(C(=O)C2NC2CCCCCc2ccccc2)C(=O)N1C. The number of hydrogen-bond acceptors (Lipinski definition) is 3. The van der Waals surface area contributed by atoms with Crippen molar-refractivity contribution in [1.29, 1.82) is 0 Å². The summed E-state index contributed by atoms with van der Waals surface area (Å²) in [6.45, 7) is 2.01. The summed E-state index contributed by atoms with van der Waals surface area (Å²) in [6, 6.07) is 19.9. The van der Waals surface area contributed by atoms with Crippen molar-refractivity contribution in [1.82, 2.24) is 15.1 Å². The lowest BCUT2D eigenvalue weighted by Gasteiger charge is -2.24. The minimum absolute atomic E-state index is 0.0426. The van der Waals surface area contributed by atoms with Gasteiger partial charge < -0.3 is 4.90 Å². The van der Waals surface area contributed by atoms with E-state index in [1.165, 1.54) is 16.9 Å². The minimum Gasteiger partial charge on any atom is -0.322 e. The van der Waals surface area contributed by atoms with Crippen molar-refractivity contribution in [3.05, 3.63) is 71.8 Å². The van der Waals surface area contributed by atoms with Crippen LogP contribution in [0.25, 0.3) is 0 Å². The highest BCUT2D eigenvalue weighted by Crippen LogP contribution is 2.36. The van der Waals surface area contributed by atoms with Gasteiger partial charge in [0.1, 0.15) is 6.04 Å². The van der Waals surface area contributed by atoms with E-state index in [0.29, 0.717) is 0 Å². The van der Waals surface area contributed by atoms with Crippen LogP contribution in [-0.4, -0.2) is 46.9 Å². The number of nitrogens with zero attached hydrogens (tertiary/aromatic N) is 2. The molecule has 158 valence electrons. The van der Waals surface area contributed by atoms with Gasteiger partial charge in [0.15, 0.2) is 0 Å². The summed E-state index contributed by atoms with van der Waals surface area (Å²) in [5, 5.41) is 3.31. The van der Waals surface area contributed by atoms with E-state index in [0.717, 1.165) is 31.2 Å². The van der Waals surface area contributed by atoms with E-state index in [4.69, 9.17) is 0 Å². The molecule has 4 rings (SSSR count). The standard InChI is InChI=1S/C25H31N3O2/c1-18-23(20-15-9-5-10-16-20)28(25(30)27(18)2)24(29)22-21(26-22)17-11-4-8-14-19-12-6-3-7-13-19/h3,5-7,9-10,12-13,15-16,18,21-23,26H,4,8,11,14,17H2,1-2H3. The van der Waals surface area contributed by atoms with Gasteiger partial charge in [0.05, 0.1) is 12.1 Å². The number of rotatable bonds is 8.